The minimum atomic E-state index is -0.105. The van der Waals surface area contributed by atoms with Gasteiger partial charge in [-0.2, -0.15) is 0 Å². The van der Waals surface area contributed by atoms with E-state index in [2.05, 4.69) is 10.6 Å². The smallest absolute Gasteiger partial charge is 0.238 e. The second kappa shape index (κ2) is 12.0. The summed E-state index contributed by atoms with van der Waals surface area (Å²) in [5.41, 5.74) is 1.80. The highest BCUT2D eigenvalue weighted by molar-refractivity contribution is 5.92. The largest absolute Gasteiger partial charge is 0.491 e. The number of ether oxygens (including phenoxy) is 3. The Morgan fingerprint density at radius 2 is 1.82 bits per heavy atom. The summed E-state index contributed by atoms with van der Waals surface area (Å²) >= 11 is 0. The SMILES string of the molecule is CCOCCOc1cccc(NC(=O)CNCc2ccc(OC(C)C)cc2)c1. The van der Waals surface area contributed by atoms with Crippen LogP contribution in [-0.2, 0) is 16.1 Å². The number of anilines is 1. The maximum Gasteiger partial charge on any atom is 0.238 e. The zero-order valence-electron chi connectivity index (χ0n) is 16.9. The molecule has 2 N–H and O–H groups in total. The molecule has 2 aromatic rings. The zero-order chi connectivity index (χ0) is 20.2. The first-order chi connectivity index (χ1) is 13.6. The molecule has 28 heavy (non-hydrogen) atoms. The molecule has 1 amide bonds. The number of carbonyl (C=O) groups is 1. The molecule has 0 unspecified atom stereocenters. The molecule has 6 heteroatoms. The van der Waals surface area contributed by atoms with Crippen LogP contribution < -0.4 is 20.1 Å². The second-order valence-electron chi connectivity index (χ2n) is 6.54. The van der Waals surface area contributed by atoms with E-state index in [9.17, 15) is 4.79 Å². The van der Waals surface area contributed by atoms with Gasteiger partial charge in [-0.1, -0.05) is 18.2 Å². The van der Waals surface area contributed by atoms with Gasteiger partial charge in [0.15, 0.2) is 0 Å². The number of carbonyl (C=O) groups excluding carboxylic acids is 1. The average Bonchev–Trinajstić information content (AvgIpc) is 2.66. The van der Waals surface area contributed by atoms with Gasteiger partial charge in [0.25, 0.3) is 0 Å². The molecule has 6 nitrogen and oxygen atoms in total. The summed E-state index contributed by atoms with van der Waals surface area (Å²) in [4.78, 5) is 12.1. The van der Waals surface area contributed by atoms with Gasteiger partial charge in [0.05, 0.1) is 19.3 Å². The van der Waals surface area contributed by atoms with Crippen molar-refractivity contribution in [2.75, 3.05) is 31.7 Å². The molecule has 0 radical (unpaired) electrons. The van der Waals surface area contributed by atoms with Crippen molar-refractivity contribution in [1.29, 1.82) is 0 Å². The highest BCUT2D eigenvalue weighted by atomic mass is 16.5. The van der Waals surface area contributed by atoms with Crippen molar-refractivity contribution in [2.45, 2.75) is 33.4 Å². The first kappa shape index (κ1) is 21.7. The first-order valence-corrected chi connectivity index (χ1v) is 9.63. The number of amides is 1. The van der Waals surface area contributed by atoms with Crippen molar-refractivity contribution in [3.63, 3.8) is 0 Å². The Bertz CT molecular complexity index is 717. The Labute approximate surface area is 167 Å². The van der Waals surface area contributed by atoms with Crippen molar-refractivity contribution in [3.05, 3.63) is 54.1 Å². The molecule has 0 atom stereocenters. The molecule has 0 saturated heterocycles. The van der Waals surface area contributed by atoms with E-state index < -0.39 is 0 Å². The summed E-state index contributed by atoms with van der Waals surface area (Å²) in [5.74, 6) is 1.44. The fourth-order valence-corrected chi connectivity index (χ4v) is 2.51. The van der Waals surface area contributed by atoms with E-state index in [0.29, 0.717) is 37.8 Å². The van der Waals surface area contributed by atoms with Crippen molar-refractivity contribution in [1.82, 2.24) is 5.32 Å². The number of hydrogen-bond donors (Lipinski definition) is 2. The van der Waals surface area contributed by atoms with E-state index in [-0.39, 0.29) is 18.6 Å². The van der Waals surface area contributed by atoms with E-state index in [1.54, 1.807) is 6.07 Å². The van der Waals surface area contributed by atoms with E-state index >= 15 is 0 Å². The molecule has 0 bridgehead atoms. The predicted molar refractivity (Wildman–Crippen MR) is 111 cm³/mol. The van der Waals surface area contributed by atoms with Crippen LogP contribution in [0.25, 0.3) is 0 Å². The fourth-order valence-electron chi connectivity index (χ4n) is 2.51. The van der Waals surface area contributed by atoms with Crippen LogP contribution in [0, 0.1) is 0 Å². The van der Waals surface area contributed by atoms with Crippen molar-refractivity contribution in [3.8, 4) is 11.5 Å². The quantitative estimate of drug-likeness (QED) is 0.545. The van der Waals surface area contributed by atoms with Crippen LogP contribution >= 0.6 is 0 Å². The molecule has 0 aliphatic carbocycles. The van der Waals surface area contributed by atoms with Gasteiger partial charge < -0.3 is 24.8 Å². The van der Waals surface area contributed by atoms with Crippen LogP contribution in [0.3, 0.4) is 0 Å². The first-order valence-electron chi connectivity index (χ1n) is 9.63. The Balaban J connectivity index is 1.72. The lowest BCUT2D eigenvalue weighted by molar-refractivity contribution is -0.115. The fraction of sp³-hybridized carbons (Fsp3) is 0.409. The summed E-state index contributed by atoms with van der Waals surface area (Å²) < 4.78 is 16.5. The molecule has 0 aliphatic rings. The molecule has 2 rings (SSSR count). The van der Waals surface area contributed by atoms with Crippen molar-refractivity contribution >= 4 is 11.6 Å². The van der Waals surface area contributed by atoms with Gasteiger partial charge in [-0.15, -0.1) is 0 Å². The zero-order valence-corrected chi connectivity index (χ0v) is 16.9. The summed E-state index contributed by atoms with van der Waals surface area (Å²) in [6.07, 6.45) is 0.154. The minimum absolute atomic E-state index is 0.105. The molecular weight excluding hydrogens is 356 g/mol. The van der Waals surface area contributed by atoms with Gasteiger partial charge in [-0.25, -0.2) is 0 Å². The number of benzene rings is 2. The maximum atomic E-state index is 12.1. The monoisotopic (exact) mass is 386 g/mol. The molecule has 152 valence electrons. The van der Waals surface area contributed by atoms with Crippen LogP contribution in [0.2, 0.25) is 0 Å². The van der Waals surface area contributed by atoms with Crippen molar-refractivity contribution < 1.29 is 19.0 Å². The van der Waals surface area contributed by atoms with Gasteiger partial charge in [0.2, 0.25) is 5.91 Å². The minimum Gasteiger partial charge on any atom is -0.491 e. The van der Waals surface area contributed by atoms with Crippen LogP contribution in [0.5, 0.6) is 11.5 Å². The molecule has 0 spiro atoms. The molecule has 0 heterocycles. The molecule has 2 aromatic carbocycles. The second-order valence-corrected chi connectivity index (χ2v) is 6.54. The van der Waals surface area contributed by atoms with Gasteiger partial charge in [-0.05, 0) is 50.6 Å². The van der Waals surface area contributed by atoms with Crippen molar-refractivity contribution in [2.24, 2.45) is 0 Å². The van der Waals surface area contributed by atoms with Crippen LogP contribution in [-0.4, -0.2) is 38.4 Å². The van der Waals surface area contributed by atoms with Gasteiger partial charge in [-0.3, -0.25) is 4.79 Å². The molecule has 0 fully saturated rings. The third kappa shape index (κ3) is 8.41. The molecule has 0 aromatic heterocycles. The van der Waals surface area contributed by atoms with Crippen LogP contribution in [0.15, 0.2) is 48.5 Å². The lowest BCUT2D eigenvalue weighted by Crippen LogP contribution is -2.27. The highest BCUT2D eigenvalue weighted by Crippen LogP contribution is 2.17. The van der Waals surface area contributed by atoms with E-state index in [4.69, 9.17) is 14.2 Å². The summed E-state index contributed by atoms with van der Waals surface area (Å²) in [6, 6.07) is 15.2. The molecular formula is C22H30N2O4. The highest BCUT2D eigenvalue weighted by Gasteiger charge is 2.04. The summed E-state index contributed by atoms with van der Waals surface area (Å²) in [5, 5.41) is 6.01. The van der Waals surface area contributed by atoms with E-state index in [1.807, 2.05) is 63.2 Å². The van der Waals surface area contributed by atoms with Gasteiger partial charge in [0, 0.05) is 24.9 Å². The number of rotatable bonds is 12. The molecule has 0 saturated carbocycles. The Morgan fingerprint density at radius 3 is 2.54 bits per heavy atom. The number of nitrogens with one attached hydrogen (secondary N) is 2. The Morgan fingerprint density at radius 1 is 1.04 bits per heavy atom. The Hall–Kier alpha value is -2.57. The topological polar surface area (TPSA) is 68.8 Å². The Kier molecular flexibility index (Phi) is 9.31. The van der Waals surface area contributed by atoms with E-state index in [1.165, 1.54) is 0 Å². The van der Waals surface area contributed by atoms with Gasteiger partial charge in [0.1, 0.15) is 18.1 Å². The average molecular weight is 386 g/mol. The van der Waals surface area contributed by atoms with E-state index in [0.717, 1.165) is 11.3 Å². The third-order valence-corrected chi connectivity index (χ3v) is 3.73. The normalized spacial score (nSPS) is 10.7. The number of hydrogen-bond acceptors (Lipinski definition) is 5. The summed E-state index contributed by atoms with van der Waals surface area (Å²) in [7, 11) is 0. The lowest BCUT2D eigenvalue weighted by atomic mass is 10.2. The third-order valence-electron chi connectivity index (χ3n) is 3.73. The van der Waals surface area contributed by atoms with Crippen LogP contribution in [0.1, 0.15) is 26.3 Å². The lowest BCUT2D eigenvalue weighted by Gasteiger charge is -2.11. The molecule has 0 aliphatic heterocycles. The standard InChI is InChI=1S/C22H30N2O4/c1-4-26-12-13-27-21-7-5-6-19(14-21)24-22(25)16-23-15-18-8-10-20(11-9-18)28-17(2)3/h5-11,14,17,23H,4,12-13,15-16H2,1-3H3,(H,24,25). The maximum absolute atomic E-state index is 12.1. The summed E-state index contributed by atoms with van der Waals surface area (Å²) in [6.45, 7) is 8.46. The van der Waals surface area contributed by atoms with Gasteiger partial charge >= 0.3 is 0 Å². The van der Waals surface area contributed by atoms with Crippen LogP contribution in [0.4, 0.5) is 5.69 Å². The predicted octanol–water partition coefficient (Wildman–Crippen LogP) is 3.62.